The molecule has 26 heavy (non-hydrogen) atoms. The van der Waals surface area contributed by atoms with Crippen molar-refractivity contribution in [1.82, 2.24) is 4.90 Å². The van der Waals surface area contributed by atoms with Crippen LogP contribution >= 0.6 is 23.5 Å². The van der Waals surface area contributed by atoms with Gasteiger partial charge in [-0.1, -0.05) is 60.3 Å². The summed E-state index contributed by atoms with van der Waals surface area (Å²) in [5.41, 5.74) is 1.71. The fourth-order valence-corrected chi connectivity index (χ4v) is 4.56. The van der Waals surface area contributed by atoms with Crippen molar-refractivity contribution in [2.75, 3.05) is 24.7 Å². The van der Waals surface area contributed by atoms with Gasteiger partial charge in [0, 0.05) is 17.9 Å². The van der Waals surface area contributed by atoms with E-state index in [4.69, 9.17) is 4.74 Å². The Hall–Kier alpha value is -1.92. The third-order valence-corrected chi connectivity index (χ3v) is 6.20. The lowest BCUT2D eigenvalue weighted by Crippen LogP contribution is -2.39. The molecule has 0 radical (unpaired) electrons. The Morgan fingerprint density at radius 1 is 1.15 bits per heavy atom. The van der Waals surface area contributed by atoms with Crippen LogP contribution in [0.15, 0.2) is 54.6 Å². The molecule has 4 nitrogen and oxygen atoms in total. The van der Waals surface area contributed by atoms with Gasteiger partial charge in [-0.15, -0.1) is 11.8 Å². The second-order valence-electron chi connectivity index (χ2n) is 5.93. The molecule has 1 fully saturated rings. The minimum atomic E-state index is -0.0708. The summed E-state index contributed by atoms with van der Waals surface area (Å²) in [7, 11) is 0. The fourth-order valence-electron chi connectivity index (χ4n) is 2.69. The van der Waals surface area contributed by atoms with Crippen LogP contribution < -0.4 is 4.74 Å². The van der Waals surface area contributed by atoms with E-state index in [0.717, 1.165) is 28.8 Å². The number of para-hydroxylation sites is 1. The number of ether oxygens (including phenoxy) is 1. The maximum Gasteiger partial charge on any atom is 0.234 e. The molecule has 1 aliphatic rings. The first kappa shape index (κ1) is 18.9. The fraction of sp³-hybridized carbons (Fsp3) is 0.300. The van der Waals surface area contributed by atoms with Crippen LogP contribution in [0.2, 0.25) is 0 Å². The molecule has 136 valence electrons. The lowest BCUT2D eigenvalue weighted by molar-refractivity contribution is -0.128. The highest BCUT2D eigenvalue weighted by Gasteiger charge is 2.30. The Balaban J connectivity index is 1.51. The standard InChI is InChI=1S/C20H21NO3S2/c1-15-7-5-6-10-17(15)24-13-19-21(11-12-25-19)18(22)14-26-20(23)16-8-3-2-4-9-16/h2-10,19H,11-14H2,1H3. The van der Waals surface area contributed by atoms with Gasteiger partial charge in [-0.25, -0.2) is 0 Å². The van der Waals surface area contributed by atoms with Crippen LogP contribution in [0.1, 0.15) is 15.9 Å². The van der Waals surface area contributed by atoms with Gasteiger partial charge in [-0.3, -0.25) is 9.59 Å². The van der Waals surface area contributed by atoms with Crippen LogP contribution in [-0.4, -0.2) is 46.0 Å². The molecule has 1 saturated heterocycles. The molecule has 1 aliphatic heterocycles. The van der Waals surface area contributed by atoms with E-state index in [-0.39, 0.29) is 22.1 Å². The van der Waals surface area contributed by atoms with Crippen molar-refractivity contribution in [2.24, 2.45) is 0 Å². The van der Waals surface area contributed by atoms with E-state index in [2.05, 4.69) is 0 Å². The van der Waals surface area contributed by atoms with E-state index in [0.29, 0.717) is 18.7 Å². The van der Waals surface area contributed by atoms with Crippen molar-refractivity contribution in [3.05, 3.63) is 65.7 Å². The molecule has 1 heterocycles. The Kier molecular flexibility index (Phi) is 6.63. The van der Waals surface area contributed by atoms with Gasteiger partial charge < -0.3 is 9.64 Å². The highest BCUT2D eigenvalue weighted by Crippen LogP contribution is 2.27. The zero-order valence-electron chi connectivity index (χ0n) is 14.6. The molecule has 1 atom stereocenters. The molecule has 2 aromatic carbocycles. The Bertz CT molecular complexity index is 767. The molecule has 0 saturated carbocycles. The van der Waals surface area contributed by atoms with E-state index in [1.54, 1.807) is 23.9 Å². The molecule has 6 heteroatoms. The Labute approximate surface area is 162 Å². The summed E-state index contributed by atoms with van der Waals surface area (Å²) in [5.74, 6) is 1.89. The SMILES string of the molecule is Cc1ccccc1OCC1SCCN1C(=O)CSC(=O)c1ccccc1. The van der Waals surface area contributed by atoms with Crippen LogP contribution in [0.3, 0.4) is 0 Å². The van der Waals surface area contributed by atoms with Gasteiger partial charge in [0.15, 0.2) is 0 Å². The van der Waals surface area contributed by atoms with Crippen molar-refractivity contribution in [3.8, 4) is 5.75 Å². The number of nitrogens with zero attached hydrogens (tertiary/aromatic N) is 1. The maximum atomic E-state index is 12.6. The number of benzene rings is 2. The van der Waals surface area contributed by atoms with E-state index < -0.39 is 0 Å². The molecule has 0 N–H and O–H groups in total. The molecule has 0 spiro atoms. The molecular weight excluding hydrogens is 366 g/mol. The monoisotopic (exact) mass is 387 g/mol. The Morgan fingerprint density at radius 2 is 1.88 bits per heavy atom. The quantitative estimate of drug-likeness (QED) is 0.753. The lowest BCUT2D eigenvalue weighted by atomic mass is 10.2. The average Bonchev–Trinajstić information content (AvgIpc) is 3.14. The van der Waals surface area contributed by atoms with Gasteiger partial charge in [-0.05, 0) is 18.6 Å². The predicted octanol–water partition coefficient (Wildman–Crippen LogP) is 3.85. The number of hydrogen-bond donors (Lipinski definition) is 0. The number of hydrogen-bond acceptors (Lipinski definition) is 5. The van der Waals surface area contributed by atoms with Crippen LogP contribution in [0, 0.1) is 6.92 Å². The van der Waals surface area contributed by atoms with Gasteiger partial charge >= 0.3 is 0 Å². The highest BCUT2D eigenvalue weighted by molar-refractivity contribution is 8.14. The minimum Gasteiger partial charge on any atom is -0.490 e. The largest absolute Gasteiger partial charge is 0.490 e. The van der Waals surface area contributed by atoms with Crippen LogP contribution in [0.25, 0.3) is 0 Å². The first-order chi connectivity index (χ1) is 12.6. The number of carbonyl (C=O) groups is 2. The first-order valence-electron chi connectivity index (χ1n) is 8.47. The summed E-state index contributed by atoms with van der Waals surface area (Å²) in [6.45, 7) is 3.16. The van der Waals surface area contributed by atoms with Crippen molar-refractivity contribution in [1.29, 1.82) is 0 Å². The number of amides is 1. The summed E-state index contributed by atoms with van der Waals surface area (Å²) in [5, 5.41) is -0.0759. The van der Waals surface area contributed by atoms with Crippen molar-refractivity contribution in [2.45, 2.75) is 12.3 Å². The molecular formula is C20H21NO3S2. The van der Waals surface area contributed by atoms with E-state index >= 15 is 0 Å². The summed E-state index contributed by atoms with van der Waals surface area (Å²) in [4.78, 5) is 26.5. The summed E-state index contributed by atoms with van der Waals surface area (Å²) in [6, 6.07) is 16.9. The lowest BCUT2D eigenvalue weighted by Gasteiger charge is -2.24. The first-order valence-corrected chi connectivity index (χ1v) is 10.5. The van der Waals surface area contributed by atoms with Crippen LogP contribution in [0.5, 0.6) is 5.75 Å². The van der Waals surface area contributed by atoms with Crippen LogP contribution in [0.4, 0.5) is 0 Å². The van der Waals surface area contributed by atoms with Gasteiger partial charge in [-0.2, -0.15) is 0 Å². The minimum absolute atomic E-state index is 0.00506. The molecule has 3 rings (SSSR count). The van der Waals surface area contributed by atoms with E-state index in [1.807, 2.05) is 54.3 Å². The van der Waals surface area contributed by atoms with Gasteiger partial charge in [0.2, 0.25) is 11.0 Å². The molecule has 1 amide bonds. The summed E-state index contributed by atoms with van der Waals surface area (Å²) in [6.07, 6.45) is 0. The molecule has 0 aromatic heterocycles. The number of carbonyl (C=O) groups excluding carboxylic acids is 2. The Morgan fingerprint density at radius 3 is 2.65 bits per heavy atom. The summed E-state index contributed by atoms with van der Waals surface area (Å²) >= 11 is 2.78. The van der Waals surface area contributed by atoms with Gasteiger partial charge in [0.05, 0.1) is 5.75 Å². The van der Waals surface area contributed by atoms with E-state index in [9.17, 15) is 9.59 Å². The molecule has 0 bridgehead atoms. The topological polar surface area (TPSA) is 46.6 Å². The highest BCUT2D eigenvalue weighted by atomic mass is 32.2. The second-order valence-corrected chi connectivity index (χ2v) is 8.17. The van der Waals surface area contributed by atoms with E-state index in [1.165, 1.54) is 0 Å². The van der Waals surface area contributed by atoms with Crippen molar-refractivity contribution >= 4 is 34.5 Å². The molecule has 0 aliphatic carbocycles. The number of aryl methyl sites for hydroxylation is 1. The molecule has 2 aromatic rings. The third kappa shape index (κ3) is 4.83. The van der Waals surface area contributed by atoms with Gasteiger partial charge in [0.1, 0.15) is 17.7 Å². The number of thioether (sulfide) groups is 2. The second kappa shape index (κ2) is 9.14. The van der Waals surface area contributed by atoms with Gasteiger partial charge in [0.25, 0.3) is 0 Å². The average molecular weight is 388 g/mol. The zero-order chi connectivity index (χ0) is 18.4. The van der Waals surface area contributed by atoms with Crippen LogP contribution in [-0.2, 0) is 4.79 Å². The van der Waals surface area contributed by atoms with Crippen molar-refractivity contribution < 1.29 is 14.3 Å². The predicted molar refractivity (Wildman–Crippen MR) is 108 cm³/mol. The smallest absolute Gasteiger partial charge is 0.234 e. The summed E-state index contributed by atoms with van der Waals surface area (Å²) < 4.78 is 5.91. The third-order valence-electron chi connectivity index (χ3n) is 4.12. The van der Waals surface area contributed by atoms with Crippen molar-refractivity contribution in [3.63, 3.8) is 0 Å². The normalized spacial score (nSPS) is 16.5. The number of rotatable bonds is 6. The zero-order valence-corrected chi connectivity index (χ0v) is 16.2. The molecule has 1 unspecified atom stereocenters. The maximum absolute atomic E-state index is 12.6.